The molecule has 2 rings (SSSR count). The monoisotopic (exact) mass is 312 g/mol. The predicted octanol–water partition coefficient (Wildman–Crippen LogP) is 4.17. The molecular formula is C19H20O4. The highest BCUT2D eigenvalue weighted by molar-refractivity contribution is 5.96. The maximum atomic E-state index is 12.2. The molecule has 0 aliphatic heterocycles. The van der Waals surface area contributed by atoms with Crippen molar-refractivity contribution in [2.24, 2.45) is 0 Å². The van der Waals surface area contributed by atoms with E-state index in [1.807, 2.05) is 26.0 Å². The summed E-state index contributed by atoms with van der Waals surface area (Å²) in [7, 11) is 0. The van der Waals surface area contributed by atoms with Gasteiger partial charge in [-0.05, 0) is 37.6 Å². The van der Waals surface area contributed by atoms with E-state index in [-0.39, 0.29) is 11.3 Å². The number of ether oxygens (including phenoxy) is 2. The van der Waals surface area contributed by atoms with Gasteiger partial charge in [-0.25, -0.2) is 9.59 Å². The molecule has 2 aromatic carbocycles. The third-order valence-corrected chi connectivity index (χ3v) is 3.33. The second-order valence-electron chi connectivity index (χ2n) is 5.24. The van der Waals surface area contributed by atoms with Gasteiger partial charge >= 0.3 is 11.9 Å². The van der Waals surface area contributed by atoms with Crippen LogP contribution in [0.25, 0.3) is 0 Å². The zero-order chi connectivity index (χ0) is 16.7. The van der Waals surface area contributed by atoms with Crippen LogP contribution in [0.2, 0.25) is 0 Å². The molecule has 0 heterocycles. The summed E-state index contributed by atoms with van der Waals surface area (Å²) < 4.78 is 10.5. The molecule has 0 aromatic heterocycles. The summed E-state index contributed by atoms with van der Waals surface area (Å²) in [4.78, 5) is 24.3. The van der Waals surface area contributed by atoms with Gasteiger partial charge in [-0.1, -0.05) is 43.2 Å². The van der Waals surface area contributed by atoms with Crippen LogP contribution < -0.4 is 4.74 Å². The highest BCUT2D eigenvalue weighted by Gasteiger charge is 2.17. The Kier molecular flexibility index (Phi) is 5.92. The highest BCUT2D eigenvalue weighted by atomic mass is 16.5. The summed E-state index contributed by atoms with van der Waals surface area (Å²) >= 11 is 0. The molecule has 0 amide bonds. The lowest BCUT2D eigenvalue weighted by Gasteiger charge is -2.10. The fourth-order valence-corrected chi connectivity index (χ4v) is 1.96. The second-order valence-corrected chi connectivity index (χ2v) is 5.24. The SMILES string of the molecule is CCCCOC(=O)c1ccccc1OC(=O)c1ccc(C)cc1. The van der Waals surface area contributed by atoms with Crippen LogP contribution in [-0.4, -0.2) is 18.5 Å². The first-order valence-electron chi connectivity index (χ1n) is 7.67. The Morgan fingerprint density at radius 1 is 0.957 bits per heavy atom. The minimum Gasteiger partial charge on any atom is -0.462 e. The number of carbonyl (C=O) groups excluding carboxylic acids is 2. The zero-order valence-electron chi connectivity index (χ0n) is 13.4. The van der Waals surface area contributed by atoms with E-state index in [4.69, 9.17) is 9.47 Å². The summed E-state index contributed by atoms with van der Waals surface area (Å²) in [6.45, 7) is 4.32. The first-order valence-corrected chi connectivity index (χ1v) is 7.67. The summed E-state index contributed by atoms with van der Waals surface area (Å²) in [5.41, 5.74) is 1.75. The number of unbranched alkanes of at least 4 members (excludes halogenated alkanes) is 1. The molecule has 0 bridgehead atoms. The Bertz CT molecular complexity index is 674. The van der Waals surface area contributed by atoms with Crippen LogP contribution in [0.1, 0.15) is 46.0 Å². The first kappa shape index (κ1) is 16.7. The molecule has 120 valence electrons. The molecule has 0 spiro atoms. The Hall–Kier alpha value is -2.62. The molecule has 0 aliphatic rings. The van der Waals surface area contributed by atoms with Gasteiger partial charge in [-0.3, -0.25) is 0 Å². The van der Waals surface area contributed by atoms with Crippen LogP contribution in [0, 0.1) is 6.92 Å². The molecule has 0 atom stereocenters. The van der Waals surface area contributed by atoms with Crippen molar-refractivity contribution in [3.63, 3.8) is 0 Å². The van der Waals surface area contributed by atoms with Crippen molar-refractivity contribution in [1.82, 2.24) is 0 Å². The lowest BCUT2D eigenvalue weighted by atomic mass is 10.1. The van der Waals surface area contributed by atoms with E-state index in [0.29, 0.717) is 12.2 Å². The van der Waals surface area contributed by atoms with Crippen molar-refractivity contribution in [2.45, 2.75) is 26.7 Å². The van der Waals surface area contributed by atoms with Crippen molar-refractivity contribution in [2.75, 3.05) is 6.61 Å². The summed E-state index contributed by atoms with van der Waals surface area (Å²) in [6, 6.07) is 13.7. The van der Waals surface area contributed by atoms with E-state index in [2.05, 4.69) is 0 Å². The highest BCUT2D eigenvalue weighted by Crippen LogP contribution is 2.20. The van der Waals surface area contributed by atoms with Crippen molar-refractivity contribution >= 4 is 11.9 Å². The lowest BCUT2D eigenvalue weighted by molar-refractivity contribution is 0.0494. The number of hydrogen-bond acceptors (Lipinski definition) is 4. The van der Waals surface area contributed by atoms with E-state index in [1.54, 1.807) is 36.4 Å². The molecule has 4 heteroatoms. The van der Waals surface area contributed by atoms with Gasteiger partial charge in [-0.2, -0.15) is 0 Å². The quantitative estimate of drug-likeness (QED) is 0.456. The van der Waals surface area contributed by atoms with Crippen molar-refractivity contribution < 1.29 is 19.1 Å². The molecular weight excluding hydrogens is 292 g/mol. The summed E-state index contributed by atoms with van der Waals surface area (Å²) in [5.74, 6) is -0.774. The normalized spacial score (nSPS) is 10.2. The fourth-order valence-electron chi connectivity index (χ4n) is 1.96. The first-order chi connectivity index (χ1) is 11.1. The van der Waals surface area contributed by atoms with E-state index in [0.717, 1.165) is 18.4 Å². The van der Waals surface area contributed by atoms with Crippen LogP contribution in [0.5, 0.6) is 5.75 Å². The lowest BCUT2D eigenvalue weighted by Crippen LogP contribution is -2.13. The largest absolute Gasteiger partial charge is 0.462 e. The summed E-state index contributed by atoms with van der Waals surface area (Å²) in [6.07, 6.45) is 1.74. The molecule has 0 aliphatic carbocycles. The predicted molar refractivity (Wildman–Crippen MR) is 87.8 cm³/mol. The van der Waals surface area contributed by atoms with Gasteiger partial charge in [0, 0.05) is 0 Å². The Balaban J connectivity index is 2.12. The van der Waals surface area contributed by atoms with E-state index in [9.17, 15) is 9.59 Å². The van der Waals surface area contributed by atoms with Crippen LogP contribution in [0.4, 0.5) is 0 Å². The number of hydrogen-bond donors (Lipinski definition) is 0. The number of benzene rings is 2. The number of esters is 2. The standard InChI is InChI=1S/C19H20O4/c1-3-4-13-22-19(21)16-7-5-6-8-17(16)23-18(20)15-11-9-14(2)10-12-15/h5-12H,3-4,13H2,1-2H3. The smallest absolute Gasteiger partial charge is 0.343 e. The second kappa shape index (κ2) is 8.13. The molecule has 2 aromatic rings. The van der Waals surface area contributed by atoms with E-state index in [1.165, 1.54) is 0 Å². The molecule has 23 heavy (non-hydrogen) atoms. The molecule has 4 nitrogen and oxygen atoms in total. The third kappa shape index (κ3) is 4.68. The zero-order valence-corrected chi connectivity index (χ0v) is 13.4. The van der Waals surface area contributed by atoms with Crippen LogP contribution in [0.15, 0.2) is 48.5 Å². The minimum atomic E-state index is -0.501. The average molecular weight is 312 g/mol. The number of aryl methyl sites for hydroxylation is 1. The van der Waals surface area contributed by atoms with Crippen molar-refractivity contribution in [1.29, 1.82) is 0 Å². The average Bonchev–Trinajstić information content (AvgIpc) is 2.56. The van der Waals surface area contributed by atoms with Gasteiger partial charge in [0.15, 0.2) is 0 Å². The molecule has 0 fully saturated rings. The van der Waals surface area contributed by atoms with Gasteiger partial charge in [0.2, 0.25) is 0 Å². The molecule has 0 radical (unpaired) electrons. The van der Waals surface area contributed by atoms with Gasteiger partial charge in [0.1, 0.15) is 11.3 Å². The topological polar surface area (TPSA) is 52.6 Å². The Morgan fingerprint density at radius 3 is 2.35 bits per heavy atom. The van der Waals surface area contributed by atoms with Gasteiger partial charge in [-0.15, -0.1) is 0 Å². The molecule has 0 saturated heterocycles. The number of carbonyl (C=O) groups is 2. The Labute approximate surface area is 136 Å². The van der Waals surface area contributed by atoms with E-state index < -0.39 is 11.9 Å². The van der Waals surface area contributed by atoms with Crippen LogP contribution >= 0.6 is 0 Å². The molecule has 0 unspecified atom stereocenters. The maximum absolute atomic E-state index is 12.2. The van der Waals surface area contributed by atoms with Crippen molar-refractivity contribution in [3.05, 3.63) is 65.2 Å². The number of para-hydroxylation sites is 1. The molecule has 0 saturated carbocycles. The van der Waals surface area contributed by atoms with Crippen LogP contribution in [-0.2, 0) is 4.74 Å². The van der Waals surface area contributed by atoms with Crippen molar-refractivity contribution in [3.8, 4) is 5.75 Å². The van der Waals surface area contributed by atoms with Crippen LogP contribution in [0.3, 0.4) is 0 Å². The van der Waals surface area contributed by atoms with Gasteiger partial charge in [0.25, 0.3) is 0 Å². The van der Waals surface area contributed by atoms with E-state index >= 15 is 0 Å². The fraction of sp³-hybridized carbons (Fsp3) is 0.263. The maximum Gasteiger partial charge on any atom is 0.343 e. The van der Waals surface area contributed by atoms with Gasteiger partial charge in [0.05, 0.1) is 12.2 Å². The Morgan fingerprint density at radius 2 is 1.65 bits per heavy atom. The molecule has 0 N–H and O–H groups in total. The summed E-state index contributed by atoms with van der Waals surface area (Å²) in [5, 5.41) is 0. The third-order valence-electron chi connectivity index (χ3n) is 3.33. The number of rotatable bonds is 6. The minimum absolute atomic E-state index is 0.208. The van der Waals surface area contributed by atoms with Gasteiger partial charge < -0.3 is 9.47 Å².